The van der Waals surface area contributed by atoms with Gasteiger partial charge >= 0.3 is 5.97 Å². The zero-order chi connectivity index (χ0) is 14.5. The Morgan fingerprint density at radius 2 is 2.25 bits per heavy atom. The Labute approximate surface area is 123 Å². The van der Waals surface area contributed by atoms with Crippen molar-refractivity contribution in [2.75, 3.05) is 6.54 Å². The summed E-state index contributed by atoms with van der Waals surface area (Å²) in [5.41, 5.74) is 0.883. The number of benzene rings is 1. The van der Waals surface area contributed by atoms with E-state index in [1.54, 1.807) is 6.07 Å². The van der Waals surface area contributed by atoms with Crippen molar-refractivity contribution in [1.29, 1.82) is 0 Å². The molecule has 20 heavy (non-hydrogen) atoms. The molecule has 2 rings (SSSR count). The molecule has 0 aromatic heterocycles. The van der Waals surface area contributed by atoms with Gasteiger partial charge in [0.25, 0.3) is 0 Å². The minimum atomic E-state index is -0.756. The minimum absolute atomic E-state index is 0.134. The molecule has 1 unspecified atom stereocenters. The van der Waals surface area contributed by atoms with Crippen LogP contribution in [0.3, 0.4) is 0 Å². The Hall–Kier alpha value is -1.13. The topological polar surface area (TPSA) is 40.5 Å². The number of likely N-dealkylation sites (tertiary alicyclic amines) is 1. The van der Waals surface area contributed by atoms with Crippen LogP contribution in [0.2, 0.25) is 5.02 Å². The molecule has 5 heteroatoms. The molecule has 1 aromatic carbocycles. The molecule has 1 aliphatic rings. The van der Waals surface area contributed by atoms with Gasteiger partial charge < -0.3 is 5.11 Å². The van der Waals surface area contributed by atoms with Gasteiger partial charge in [-0.05, 0) is 43.5 Å². The molecule has 0 amide bonds. The van der Waals surface area contributed by atoms with Crippen molar-refractivity contribution < 1.29 is 14.3 Å². The Bertz CT molecular complexity index is 481. The number of hydrogen-bond donors (Lipinski definition) is 1. The molecule has 0 aliphatic carbocycles. The van der Waals surface area contributed by atoms with Crippen molar-refractivity contribution in [2.24, 2.45) is 0 Å². The molecule has 1 saturated heterocycles. The summed E-state index contributed by atoms with van der Waals surface area (Å²) in [6, 6.07) is 5.14. The number of piperidine rings is 1. The number of aliphatic carboxylic acids is 1. The van der Waals surface area contributed by atoms with E-state index < -0.39 is 11.8 Å². The lowest BCUT2D eigenvalue weighted by Gasteiger charge is -2.35. The third-order valence-corrected chi connectivity index (χ3v) is 4.12. The summed E-state index contributed by atoms with van der Waals surface area (Å²) in [5, 5.41) is 8.94. The number of carbonyl (C=O) groups is 1. The molecule has 0 spiro atoms. The van der Waals surface area contributed by atoms with Crippen molar-refractivity contribution in [2.45, 2.75) is 44.7 Å². The zero-order valence-corrected chi connectivity index (χ0v) is 12.1. The minimum Gasteiger partial charge on any atom is -0.481 e. The highest BCUT2D eigenvalue weighted by Gasteiger charge is 2.23. The van der Waals surface area contributed by atoms with Gasteiger partial charge in [-0.1, -0.05) is 24.1 Å². The Balaban J connectivity index is 2.00. The van der Waals surface area contributed by atoms with Gasteiger partial charge in [0.1, 0.15) is 5.82 Å². The summed E-state index contributed by atoms with van der Waals surface area (Å²) < 4.78 is 13.5. The number of nitrogens with zero attached hydrogens (tertiary/aromatic N) is 1. The molecule has 0 saturated carbocycles. The van der Waals surface area contributed by atoms with E-state index in [4.69, 9.17) is 16.7 Å². The lowest BCUT2D eigenvalue weighted by atomic mass is 9.97. The van der Waals surface area contributed by atoms with Crippen molar-refractivity contribution in [3.8, 4) is 0 Å². The van der Waals surface area contributed by atoms with Crippen LogP contribution in [-0.4, -0.2) is 28.6 Å². The lowest BCUT2D eigenvalue weighted by Crippen LogP contribution is -2.39. The summed E-state index contributed by atoms with van der Waals surface area (Å²) in [6.07, 6.45) is 4.11. The summed E-state index contributed by atoms with van der Waals surface area (Å²) in [6.45, 7) is 1.59. The predicted molar refractivity (Wildman–Crippen MR) is 76.3 cm³/mol. The van der Waals surface area contributed by atoms with Crippen LogP contribution < -0.4 is 0 Å². The average molecular weight is 300 g/mol. The van der Waals surface area contributed by atoms with Crippen LogP contribution >= 0.6 is 11.6 Å². The second-order valence-corrected chi connectivity index (χ2v) is 5.71. The van der Waals surface area contributed by atoms with Crippen molar-refractivity contribution in [3.05, 3.63) is 34.6 Å². The molecule has 1 aliphatic heterocycles. The highest BCUT2D eigenvalue weighted by atomic mass is 35.5. The summed E-state index contributed by atoms with van der Waals surface area (Å²) in [5.74, 6) is -1.16. The largest absolute Gasteiger partial charge is 0.481 e. The Morgan fingerprint density at radius 3 is 2.95 bits per heavy atom. The fourth-order valence-corrected chi connectivity index (χ4v) is 2.88. The quantitative estimate of drug-likeness (QED) is 0.901. The number of hydrogen-bond acceptors (Lipinski definition) is 2. The van der Waals surface area contributed by atoms with Gasteiger partial charge in [0.15, 0.2) is 0 Å². The third-order valence-electron chi connectivity index (χ3n) is 3.81. The molecule has 0 bridgehead atoms. The van der Waals surface area contributed by atoms with E-state index in [0.717, 1.165) is 31.4 Å². The lowest BCUT2D eigenvalue weighted by molar-refractivity contribution is -0.137. The first kappa shape index (κ1) is 15.3. The number of carboxylic acids is 1. The van der Waals surface area contributed by atoms with Gasteiger partial charge in [0.05, 0.1) is 5.02 Å². The third kappa shape index (κ3) is 4.18. The molecule has 1 N–H and O–H groups in total. The molecule has 1 aromatic rings. The van der Waals surface area contributed by atoms with Gasteiger partial charge in [-0.25, -0.2) is 4.39 Å². The van der Waals surface area contributed by atoms with E-state index in [0.29, 0.717) is 13.0 Å². The fraction of sp³-hybridized carbons (Fsp3) is 0.533. The van der Waals surface area contributed by atoms with Crippen LogP contribution in [0.4, 0.5) is 4.39 Å². The SMILES string of the molecule is O=C(O)CCC1CCCCN1Cc1ccc(Cl)c(F)c1. The maximum atomic E-state index is 13.5. The smallest absolute Gasteiger partial charge is 0.303 e. The molecular weight excluding hydrogens is 281 g/mol. The van der Waals surface area contributed by atoms with E-state index >= 15 is 0 Å². The van der Waals surface area contributed by atoms with E-state index in [9.17, 15) is 9.18 Å². The van der Waals surface area contributed by atoms with Crippen molar-refractivity contribution in [3.63, 3.8) is 0 Å². The predicted octanol–water partition coefficient (Wildman–Crippen LogP) is 3.70. The molecule has 1 heterocycles. The van der Waals surface area contributed by atoms with Crippen LogP contribution in [0.1, 0.15) is 37.7 Å². The van der Waals surface area contributed by atoms with Crippen LogP contribution in [0.5, 0.6) is 0 Å². The molecule has 3 nitrogen and oxygen atoms in total. The van der Waals surface area contributed by atoms with Gasteiger partial charge in [-0.2, -0.15) is 0 Å². The van der Waals surface area contributed by atoms with Crippen LogP contribution in [0, 0.1) is 5.82 Å². The van der Waals surface area contributed by atoms with Crippen LogP contribution in [0.15, 0.2) is 18.2 Å². The second kappa shape index (κ2) is 7.04. The Morgan fingerprint density at radius 1 is 1.45 bits per heavy atom. The summed E-state index contributed by atoms with van der Waals surface area (Å²) in [7, 11) is 0. The van der Waals surface area contributed by atoms with E-state index in [-0.39, 0.29) is 17.5 Å². The fourth-order valence-electron chi connectivity index (χ4n) is 2.76. The second-order valence-electron chi connectivity index (χ2n) is 5.30. The molecule has 0 radical (unpaired) electrons. The zero-order valence-electron chi connectivity index (χ0n) is 11.3. The first-order valence-electron chi connectivity index (χ1n) is 6.96. The summed E-state index contributed by atoms with van der Waals surface area (Å²) in [4.78, 5) is 13.0. The maximum absolute atomic E-state index is 13.5. The molecular formula is C15H19ClFNO2. The van der Waals surface area contributed by atoms with Gasteiger partial charge in [0, 0.05) is 19.0 Å². The number of halogens is 2. The Kier molecular flexibility index (Phi) is 5.38. The molecule has 110 valence electrons. The van der Waals surface area contributed by atoms with Gasteiger partial charge in [-0.3, -0.25) is 9.69 Å². The highest BCUT2D eigenvalue weighted by Crippen LogP contribution is 2.24. The summed E-state index contributed by atoms with van der Waals surface area (Å²) >= 11 is 5.68. The maximum Gasteiger partial charge on any atom is 0.303 e. The van der Waals surface area contributed by atoms with E-state index in [2.05, 4.69) is 4.90 Å². The van der Waals surface area contributed by atoms with E-state index in [1.165, 1.54) is 6.07 Å². The van der Waals surface area contributed by atoms with Crippen molar-refractivity contribution in [1.82, 2.24) is 4.90 Å². The first-order chi connectivity index (χ1) is 9.56. The number of carboxylic acid groups (broad SMARTS) is 1. The molecule has 1 fully saturated rings. The molecule has 1 atom stereocenters. The monoisotopic (exact) mass is 299 g/mol. The normalized spacial score (nSPS) is 20.0. The highest BCUT2D eigenvalue weighted by molar-refractivity contribution is 6.30. The average Bonchev–Trinajstić information content (AvgIpc) is 2.42. The van der Waals surface area contributed by atoms with Gasteiger partial charge in [-0.15, -0.1) is 0 Å². The van der Waals surface area contributed by atoms with Crippen molar-refractivity contribution >= 4 is 17.6 Å². The van der Waals surface area contributed by atoms with Gasteiger partial charge in [0.2, 0.25) is 0 Å². The van der Waals surface area contributed by atoms with E-state index in [1.807, 2.05) is 6.07 Å². The first-order valence-corrected chi connectivity index (χ1v) is 7.34. The van der Waals surface area contributed by atoms with Crippen LogP contribution in [-0.2, 0) is 11.3 Å². The van der Waals surface area contributed by atoms with Crippen LogP contribution in [0.25, 0.3) is 0 Å². The standard InChI is InChI=1S/C15H19ClFNO2/c16-13-6-4-11(9-14(13)17)10-18-8-2-1-3-12(18)5-7-15(19)20/h4,6,9,12H,1-3,5,7-8,10H2,(H,19,20). The number of rotatable bonds is 5.